The van der Waals surface area contributed by atoms with Crippen LogP contribution in [0.15, 0.2) is 66.7 Å². The van der Waals surface area contributed by atoms with Crippen LogP contribution in [0, 0.1) is 0 Å². The molecule has 0 aromatic heterocycles. The number of carboxylic acids is 1. The number of rotatable bonds is 10. The van der Waals surface area contributed by atoms with Gasteiger partial charge in [0.25, 0.3) is 0 Å². The van der Waals surface area contributed by atoms with Gasteiger partial charge in [0.1, 0.15) is 18.1 Å². The number of hydrogen-bond donors (Lipinski definition) is 4. The van der Waals surface area contributed by atoms with Crippen molar-refractivity contribution in [3.8, 4) is 22.6 Å². The van der Waals surface area contributed by atoms with Crippen LogP contribution in [0.5, 0.6) is 11.5 Å². The maximum Gasteiger partial charge on any atom is 0.335 e. The lowest BCUT2D eigenvalue weighted by molar-refractivity contribution is 0.0695. The first-order valence-electron chi connectivity index (χ1n) is 12.2. The number of ether oxygens (including phenoxy) is 1. The minimum absolute atomic E-state index is 0.173. The van der Waals surface area contributed by atoms with E-state index in [9.17, 15) is 20.1 Å². The molecule has 0 heterocycles. The number of phenols is 1. The molecule has 1 aliphatic rings. The quantitative estimate of drug-likeness (QED) is 0.289. The fraction of sp³-hybridized carbons (Fsp3) is 0.345. The predicted molar refractivity (Wildman–Crippen MR) is 136 cm³/mol. The van der Waals surface area contributed by atoms with E-state index < -0.39 is 12.1 Å². The highest BCUT2D eigenvalue weighted by Crippen LogP contribution is 2.38. The van der Waals surface area contributed by atoms with Crippen LogP contribution < -0.4 is 10.1 Å². The largest absolute Gasteiger partial charge is 0.508 e. The van der Waals surface area contributed by atoms with Gasteiger partial charge >= 0.3 is 5.97 Å². The Morgan fingerprint density at radius 2 is 1.66 bits per heavy atom. The topological polar surface area (TPSA) is 99.0 Å². The number of aromatic carboxylic acids is 1. The van der Waals surface area contributed by atoms with Gasteiger partial charge in [-0.1, -0.05) is 49.2 Å². The van der Waals surface area contributed by atoms with E-state index in [0.29, 0.717) is 24.6 Å². The van der Waals surface area contributed by atoms with Gasteiger partial charge in [-0.05, 0) is 78.3 Å². The minimum atomic E-state index is -0.860. The van der Waals surface area contributed by atoms with Gasteiger partial charge < -0.3 is 25.4 Å². The molecule has 2 atom stereocenters. The second kappa shape index (κ2) is 11.4. The zero-order valence-corrected chi connectivity index (χ0v) is 20.0. The maximum absolute atomic E-state index is 11.7. The summed E-state index contributed by atoms with van der Waals surface area (Å²) in [7, 11) is 0. The van der Waals surface area contributed by atoms with E-state index in [2.05, 4.69) is 5.32 Å². The third kappa shape index (κ3) is 6.21. The molecule has 4 N–H and O–H groups in total. The van der Waals surface area contributed by atoms with Gasteiger partial charge in [0.05, 0.1) is 11.7 Å². The molecule has 0 spiro atoms. The molecule has 0 radical (unpaired) electrons. The average Bonchev–Trinajstić information content (AvgIpc) is 3.41. The lowest BCUT2D eigenvalue weighted by Crippen LogP contribution is -2.35. The normalized spacial score (nSPS) is 15.6. The summed E-state index contributed by atoms with van der Waals surface area (Å²) < 4.78 is 5.85. The lowest BCUT2D eigenvalue weighted by atomic mass is 9.89. The predicted octanol–water partition coefficient (Wildman–Crippen LogP) is 5.51. The average molecular weight is 476 g/mol. The van der Waals surface area contributed by atoms with Crippen molar-refractivity contribution >= 4 is 5.97 Å². The van der Waals surface area contributed by atoms with Crippen LogP contribution in [-0.4, -0.2) is 40.5 Å². The van der Waals surface area contributed by atoms with Gasteiger partial charge in [-0.25, -0.2) is 4.79 Å². The molecule has 3 aromatic carbocycles. The van der Waals surface area contributed by atoms with Crippen molar-refractivity contribution < 1.29 is 24.9 Å². The molecule has 0 amide bonds. The molecule has 184 valence electrons. The number of aliphatic hydroxyl groups is 1. The zero-order valence-electron chi connectivity index (χ0n) is 20.0. The van der Waals surface area contributed by atoms with E-state index in [1.807, 2.05) is 43.3 Å². The molecule has 35 heavy (non-hydrogen) atoms. The molecule has 0 unspecified atom stereocenters. The van der Waals surface area contributed by atoms with Crippen LogP contribution in [0.3, 0.4) is 0 Å². The van der Waals surface area contributed by atoms with Crippen LogP contribution in [0.1, 0.15) is 66.1 Å². The van der Waals surface area contributed by atoms with E-state index in [-0.39, 0.29) is 11.8 Å². The molecule has 4 rings (SSSR count). The van der Waals surface area contributed by atoms with Gasteiger partial charge in [-0.15, -0.1) is 0 Å². The van der Waals surface area contributed by atoms with Crippen molar-refractivity contribution in [3.63, 3.8) is 0 Å². The monoisotopic (exact) mass is 475 g/mol. The summed E-state index contributed by atoms with van der Waals surface area (Å²) in [5.74, 6) is 0.389. The van der Waals surface area contributed by atoms with E-state index in [4.69, 9.17) is 4.74 Å². The highest BCUT2D eigenvalue weighted by atomic mass is 16.5. The minimum Gasteiger partial charge on any atom is -0.508 e. The number of nitrogens with one attached hydrogen (secondary N) is 1. The Balaban J connectivity index is 1.32. The Kier molecular flexibility index (Phi) is 8.06. The maximum atomic E-state index is 11.7. The van der Waals surface area contributed by atoms with Crippen molar-refractivity contribution in [1.82, 2.24) is 5.32 Å². The Morgan fingerprint density at radius 3 is 2.31 bits per heavy atom. The Bertz CT molecular complexity index is 1120. The molecule has 1 aliphatic carbocycles. The first kappa shape index (κ1) is 24.8. The molecule has 3 aromatic rings. The van der Waals surface area contributed by atoms with E-state index in [0.717, 1.165) is 53.7 Å². The summed E-state index contributed by atoms with van der Waals surface area (Å²) in [5, 5.41) is 32.7. The second-order valence-electron chi connectivity index (χ2n) is 9.24. The second-order valence-corrected chi connectivity index (χ2v) is 9.24. The van der Waals surface area contributed by atoms with Crippen LogP contribution in [0.2, 0.25) is 0 Å². The summed E-state index contributed by atoms with van der Waals surface area (Å²) in [5.41, 5.74) is 4.15. The van der Waals surface area contributed by atoms with Gasteiger partial charge in [0.2, 0.25) is 0 Å². The van der Waals surface area contributed by atoms with Crippen LogP contribution in [-0.2, 0) is 0 Å². The third-order valence-corrected chi connectivity index (χ3v) is 6.81. The molecule has 6 nitrogen and oxygen atoms in total. The molecule has 0 bridgehead atoms. The number of carbonyl (C=O) groups is 1. The number of aromatic hydroxyl groups is 1. The van der Waals surface area contributed by atoms with Gasteiger partial charge in [0.15, 0.2) is 0 Å². The van der Waals surface area contributed by atoms with E-state index in [1.54, 1.807) is 30.3 Å². The highest BCUT2D eigenvalue weighted by molar-refractivity contribution is 5.90. The highest BCUT2D eigenvalue weighted by Gasteiger charge is 2.23. The van der Waals surface area contributed by atoms with Crippen molar-refractivity contribution in [2.45, 2.75) is 50.7 Å². The molecular formula is C29H33NO5. The summed E-state index contributed by atoms with van der Waals surface area (Å²) in [6, 6.07) is 19.9. The third-order valence-electron chi connectivity index (χ3n) is 6.81. The smallest absolute Gasteiger partial charge is 0.335 e. The van der Waals surface area contributed by atoms with Crippen LogP contribution in [0.4, 0.5) is 0 Å². The molecule has 0 saturated heterocycles. The summed E-state index contributed by atoms with van der Waals surface area (Å²) >= 11 is 0. The number of carboxylic acid groups (broad SMARTS) is 1. The number of benzene rings is 3. The summed E-state index contributed by atoms with van der Waals surface area (Å²) in [6.45, 7) is 2.92. The number of aliphatic hydroxyl groups excluding tert-OH is 1. The molecule has 1 saturated carbocycles. The SMILES string of the molecule is C[C@@H](NCCOc1ccc(-c2ccc(C(=O)O)c(C3CCCC3)c2)cc1)[C@@H](O)c1ccc(O)cc1. The fourth-order valence-electron chi connectivity index (χ4n) is 4.78. The first-order chi connectivity index (χ1) is 16.9. The van der Waals surface area contributed by atoms with Crippen molar-refractivity contribution in [2.24, 2.45) is 0 Å². The van der Waals surface area contributed by atoms with Gasteiger partial charge in [0, 0.05) is 12.6 Å². The van der Waals surface area contributed by atoms with Crippen molar-refractivity contribution in [2.75, 3.05) is 13.2 Å². The Morgan fingerprint density at radius 1 is 1.00 bits per heavy atom. The standard InChI is InChI=1S/C29H33NO5/c1-19(28(32)22-6-11-24(31)12-7-22)30-16-17-35-25-13-8-20(9-14-25)23-10-15-26(29(33)34)27(18-23)21-4-2-3-5-21/h6-15,18-19,21,28,30-32H,2-5,16-17H2,1H3,(H,33,34)/t19-,28-/m1/s1. The van der Waals surface area contributed by atoms with Crippen LogP contribution >= 0.6 is 0 Å². The zero-order chi connectivity index (χ0) is 24.8. The lowest BCUT2D eigenvalue weighted by Gasteiger charge is -2.21. The number of hydrogen-bond acceptors (Lipinski definition) is 5. The van der Waals surface area contributed by atoms with Gasteiger partial charge in [-0.2, -0.15) is 0 Å². The van der Waals surface area contributed by atoms with Crippen LogP contribution in [0.25, 0.3) is 11.1 Å². The number of phenolic OH excluding ortho intramolecular Hbond substituents is 1. The fourth-order valence-corrected chi connectivity index (χ4v) is 4.78. The van der Waals surface area contributed by atoms with E-state index in [1.165, 1.54) is 0 Å². The van der Waals surface area contributed by atoms with Crippen molar-refractivity contribution in [1.29, 1.82) is 0 Å². The van der Waals surface area contributed by atoms with Gasteiger partial charge in [-0.3, -0.25) is 0 Å². The Hall–Kier alpha value is -3.35. The van der Waals surface area contributed by atoms with Crippen molar-refractivity contribution in [3.05, 3.63) is 83.4 Å². The molecule has 0 aliphatic heterocycles. The molecular weight excluding hydrogens is 442 g/mol. The Labute approximate surface area is 206 Å². The molecule has 1 fully saturated rings. The molecule has 6 heteroatoms. The first-order valence-corrected chi connectivity index (χ1v) is 12.2. The summed E-state index contributed by atoms with van der Waals surface area (Å²) in [6.07, 6.45) is 3.73. The summed E-state index contributed by atoms with van der Waals surface area (Å²) in [4.78, 5) is 11.7. The van der Waals surface area contributed by atoms with E-state index >= 15 is 0 Å².